The number of hydrogen-bond acceptors (Lipinski definition) is 1. The zero-order valence-corrected chi connectivity index (χ0v) is 11.7. The zero-order chi connectivity index (χ0) is 12.5. The summed E-state index contributed by atoms with van der Waals surface area (Å²) in [6, 6.07) is 8.99. The molecule has 1 nitrogen and oxygen atoms in total. The second-order valence-corrected chi connectivity index (χ2v) is 6.59. The fourth-order valence-corrected chi connectivity index (χ4v) is 3.86. The van der Waals surface area contributed by atoms with Crippen molar-refractivity contribution < 1.29 is 0 Å². The summed E-state index contributed by atoms with van der Waals surface area (Å²) in [7, 11) is 0. The lowest BCUT2D eigenvalue weighted by Gasteiger charge is -2.22. The molecule has 0 spiro atoms. The van der Waals surface area contributed by atoms with E-state index in [4.69, 9.17) is 0 Å². The van der Waals surface area contributed by atoms with E-state index in [1.54, 1.807) is 0 Å². The molecule has 0 saturated heterocycles. The lowest BCUT2D eigenvalue weighted by Crippen LogP contribution is -2.20. The number of fused-ring (bicyclic) bond motifs is 2. The summed E-state index contributed by atoms with van der Waals surface area (Å²) < 4.78 is 0. The van der Waals surface area contributed by atoms with Crippen LogP contribution < -0.4 is 5.32 Å². The van der Waals surface area contributed by atoms with Crippen LogP contribution in [0.4, 0.5) is 5.69 Å². The van der Waals surface area contributed by atoms with E-state index in [2.05, 4.69) is 43.4 Å². The van der Waals surface area contributed by atoms with Gasteiger partial charge >= 0.3 is 0 Å². The van der Waals surface area contributed by atoms with Crippen molar-refractivity contribution in [3.05, 3.63) is 29.8 Å². The molecule has 0 aromatic heterocycles. The van der Waals surface area contributed by atoms with Crippen LogP contribution in [-0.4, -0.2) is 6.54 Å². The molecule has 0 radical (unpaired) electrons. The highest BCUT2D eigenvalue weighted by Gasteiger charge is 2.38. The normalized spacial score (nSPS) is 30.1. The Labute approximate surface area is 111 Å². The van der Waals surface area contributed by atoms with Gasteiger partial charge in [-0.15, -0.1) is 0 Å². The Morgan fingerprint density at radius 3 is 2.44 bits per heavy atom. The van der Waals surface area contributed by atoms with Gasteiger partial charge in [0.1, 0.15) is 0 Å². The van der Waals surface area contributed by atoms with Crippen LogP contribution in [0.3, 0.4) is 0 Å². The van der Waals surface area contributed by atoms with Gasteiger partial charge in [-0.1, -0.05) is 32.4 Å². The molecular formula is C17H25N. The van der Waals surface area contributed by atoms with E-state index in [0.717, 1.165) is 17.8 Å². The minimum atomic E-state index is 0.629. The molecule has 1 aromatic rings. The van der Waals surface area contributed by atoms with Crippen LogP contribution >= 0.6 is 0 Å². The van der Waals surface area contributed by atoms with Crippen molar-refractivity contribution >= 4 is 5.69 Å². The van der Waals surface area contributed by atoms with Gasteiger partial charge in [-0.05, 0) is 60.6 Å². The molecule has 2 saturated carbocycles. The van der Waals surface area contributed by atoms with Gasteiger partial charge in [-0.3, -0.25) is 0 Å². The summed E-state index contributed by atoms with van der Waals surface area (Å²) in [5.41, 5.74) is 2.72. The molecular weight excluding hydrogens is 218 g/mol. The number of benzene rings is 1. The monoisotopic (exact) mass is 243 g/mol. The van der Waals surface area contributed by atoms with E-state index in [1.807, 2.05) is 0 Å². The van der Waals surface area contributed by atoms with Crippen molar-refractivity contribution in [3.8, 4) is 0 Å². The van der Waals surface area contributed by atoms with E-state index in [-0.39, 0.29) is 0 Å². The van der Waals surface area contributed by atoms with Crippen LogP contribution in [0.2, 0.25) is 0 Å². The second-order valence-electron chi connectivity index (χ2n) is 6.59. The predicted molar refractivity (Wildman–Crippen MR) is 78.0 cm³/mol. The van der Waals surface area contributed by atoms with Crippen molar-refractivity contribution in [2.24, 2.45) is 17.8 Å². The van der Waals surface area contributed by atoms with Crippen LogP contribution in [0.15, 0.2) is 24.3 Å². The Balaban J connectivity index is 1.54. The minimum absolute atomic E-state index is 0.629. The van der Waals surface area contributed by atoms with Gasteiger partial charge in [0.15, 0.2) is 0 Å². The highest BCUT2D eigenvalue weighted by atomic mass is 14.9. The second kappa shape index (κ2) is 4.95. The average Bonchev–Trinajstić information content (AvgIpc) is 2.99. The highest BCUT2D eigenvalue weighted by Crippen LogP contribution is 2.48. The lowest BCUT2D eigenvalue weighted by atomic mass is 9.89. The molecule has 98 valence electrons. The third kappa shape index (κ3) is 2.41. The van der Waals surface area contributed by atoms with E-state index in [1.165, 1.54) is 43.5 Å². The molecule has 2 bridgehead atoms. The van der Waals surface area contributed by atoms with Crippen molar-refractivity contribution in [1.29, 1.82) is 0 Å². The van der Waals surface area contributed by atoms with E-state index >= 15 is 0 Å². The Kier molecular flexibility index (Phi) is 3.32. The van der Waals surface area contributed by atoms with Gasteiger partial charge in [-0.2, -0.15) is 0 Å². The van der Waals surface area contributed by atoms with Crippen LogP contribution in [0, 0.1) is 17.8 Å². The number of hydrogen-bond donors (Lipinski definition) is 1. The summed E-state index contributed by atoms with van der Waals surface area (Å²) in [4.78, 5) is 0. The Hall–Kier alpha value is -0.980. The predicted octanol–water partition coefficient (Wildman–Crippen LogP) is 4.66. The minimum Gasteiger partial charge on any atom is -0.385 e. The van der Waals surface area contributed by atoms with Gasteiger partial charge in [0.25, 0.3) is 0 Å². The first kappa shape index (κ1) is 12.1. The maximum absolute atomic E-state index is 3.64. The van der Waals surface area contributed by atoms with Crippen LogP contribution in [0.25, 0.3) is 0 Å². The standard InChI is InChI=1S/C17H25N/c1-12(2)14-5-7-17(8-6-14)18-11-16-10-13-3-4-15(16)9-13/h5-8,12-13,15-16,18H,3-4,9-11H2,1-2H3. The van der Waals surface area contributed by atoms with E-state index in [9.17, 15) is 0 Å². The first-order valence-electron chi connectivity index (χ1n) is 7.56. The molecule has 3 atom stereocenters. The highest BCUT2D eigenvalue weighted by molar-refractivity contribution is 5.45. The fourth-order valence-electron chi connectivity index (χ4n) is 3.86. The smallest absolute Gasteiger partial charge is 0.0340 e. The number of anilines is 1. The molecule has 0 heterocycles. The molecule has 0 amide bonds. The largest absolute Gasteiger partial charge is 0.385 e. The molecule has 1 heteroatoms. The molecule has 18 heavy (non-hydrogen) atoms. The Bertz CT molecular complexity index is 393. The number of nitrogens with one attached hydrogen (secondary N) is 1. The van der Waals surface area contributed by atoms with E-state index < -0.39 is 0 Å². The summed E-state index contributed by atoms with van der Waals surface area (Å²) in [5, 5.41) is 3.64. The van der Waals surface area contributed by atoms with Gasteiger partial charge in [0.2, 0.25) is 0 Å². The first-order chi connectivity index (χ1) is 8.72. The summed E-state index contributed by atoms with van der Waals surface area (Å²) in [6.45, 7) is 5.68. The molecule has 3 rings (SSSR count). The molecule has 1 aromatic carbocycles. The molecule has 2 aliphatic carbocycles. The van der Waals surface area contributed by atoms with Gasteiger partial charge in [0.05, 0.1) is 0 Å². The van der Waals surface area contributed by atoms with Crippen LogP contribution in [0.5, 0.6) is 0 Å². The van der Waals surface area contributed by atoms with Gasteiger partial charge < -0.3 is 5.32 Å². The maximum Gasteiger partial charge on any atom is 0.0340 e. The van der Waals surface area contributed by atoms with Crippen molar-refractivity contribution in [3.63, 3.8) is 0 Å². The summed E-state index contributed by atoms with van der Waals surface area (Å²) in [5.74, 6) is 3.65. The molecule has 2 aliphatic rings. The van der Waals surface area contributed by atoms with Crippen molar-refractivity contribution in [2.45, 2.75) is 45.4 Å². The first-order valence-corrected chi connectivity index (χ1v) is 7.56. The van der Waals surface area contributed by atoms with Gasteiger partial charge in [0, 0.05) is 12.2 Å². The average molecular weight is 243 g/mol. The van der Waals surface area contributed by atoms with Crippen LogP contribution in [0.1, 0.15) is 51.0 Å². The van der Waals surface area contributed by atoms with Gasteiger partial charge in [-0.25, -0.2) is 0 Å². The summed E-state index contributed by atoms with van der Waals surface area (Å²) >= 11 is 0. The SMILES string of the molecule is CC(C)c1ccc(NCC2CC3CCC2C3)cc1. The topological polar surface area (TPSA) is 12.0 Å². The zero-order valence-electron chi connectivity index (χ0n) is 11.7. The number of rotatable bonds is 4. The quantitative estimate of drug-likeness (QED) is 0.811. The van der Waals surface area contributed by atoms with E-state index in [0.29, 0.717) is 5.92 Å². The summed E-state index contributed by atoms with van der Waals surface area (Å²) in [6.07, 6.45) is 5.98. The fraction of sp³-hybridized carbons (Fsp3) is 0.647. The molecule has 1 N–H and O–H groups in total. The molecule has 3 unspecified atom stereocenters. The van der Waals surface area contributed by atoms with Crippen LogP contribution in [-0.2, 0) is 0 Å². The lowest BCUT2D eigenvalue weighted by molar-refractivity contribution is 0.348. The Morgan fingerprint density at radius 2 is 1.89 bits per heavy atom. The van der Waals surface area contributed by atoms with Crippen molar-refractivity contribution in [2.75, 3.05) is 11.9 Å². The third-order valence-electron chi connectivity index (χ3n) is 5.03. The Morgan fingerprint density at radius 1 is 1.11 bits per heavy atom. The maximum atomic E-state index is 3.64. The van der Waals surface area contributed by atoms with Crippen molar-refractivity contribution in [1.82, 2.24) is 0 Å². The molecule has 2 fully saturated rings. The third-order valence-corrected chi connectivity index (χ3v) is 5.03. The molecule has 0 aliphatic heterocycles.